The van der Waals surface area contributed by atoms with Gasteiger partial charge in [-0.25, -0.2) is 4.98 Å². The fourth-order valence-corrected chi connectivity index (χ4v) is 3.90. The van der Waals surface area contributed by atoms with Crippen molar-refractivity contribution in [1.82, 2.24) is 9.55 Å². The van der Waals surface area contributed by atoms with Crippen molar-refractivity contribution < 1.29 is 4.74 Å². The maximum atomic E-state index is 6.31. The van der Waals surface area contributed by atoms with E-state index >= 15 is 0 Å². The van der Waals surface area contributed by atoms with Gasteiger partial charge >= 0.3 is 0 Å². The number of halogens is 2. The number of nitrogens with zero attached hydrogens (tertiary/aromatic N) is 2. The van der Waals surface area contributed by atoms with Crippen LogP contribution in [-0.2, 0) is 6.54 Å². The SMILES string of the molecule is CCC(Oc1cccc(C)c1)c1nc2ccccc2n1CC1CC1(Cl)Cl. The molecule has 5 heteroatoms. The number of benzene rings is 2. The zero-order valence-corrected chi connectivity index (χ0v) is 16.5. The second-order valence-electron chi connectivity index (χ2n) is 7.06. The van der Waals surface area contributed by atoms with Crippen molar-refractivity contribution in [3.63, 3.8) is 0 Å². The van der Waals surface area contributed by atoms with Gasteiger partial charge in [0.15, 0.2) is 11.9 Å². The molecule has 26 heavy (non-hydrogen) atoms. The van der Waals surface area contributed by atoms with Crippen molar-refractivity contribution >= 4 is 34.2 Å². The van der Waals surface area contributed by atoms with Gasteiger partial charge < -0.3 is 9.30 Å². The zero-order valence-electron chi connectivity index (χ0n) is 15.0. The maximum Gasteiger partial charge on any atom is 0.156 e. The first-order valence-electron chi connectivity index (χ1n) is 9.04. The second-order valence-corrected chi connectivity index (χ2v) is 8.61. The van der Waals surface area contributed by atoms with Gasteiger partial charge in [-0.3, -0.25) is 0 Å². The minimum atomic E-state index is -0.609. The summed E-state index contributed by atoms with van der Waals surface area (Å²) in [4.78, 5) is 4.88. The molecule has 1 aliphatic carbocycles. The first-order valence-corrected chi connectivity index (χ1v) is 9.80. The van der Waals surface area contributed by atoms with E-state index in [9.17, 15) is 0 Å². The average molecular weight is 389 g/mol. The number of aromatic nitrogens is 2. The maximum absolute atomic E-state index is 6.31. The van der Waals surface area contributed by atoms with E-state index in [0.29, 0.717) is 0 Å². The molecule has 0 amide bonds. The standard InChI is InChI=1S/C21H22Cl2N2O/c1-3-19(26-16-8-6-7-14(2)11-16)20-24-17-9-4-5-10-18(17)25(20)13-15-12-21(15,22)23/h4-11,15,19H,3,12-13H2,1-2H3. The Morgan fingerprint density at radius 2 is 2.00 bits per heavy atom. The van der Waals surface area contributed by atoms with Crippen LogP contribution in [0.3, 0.4) is 0 Å². The number of para-hydroxylation sites is 2. The van der Waals surface area contributed by atoms with Crippen LogP contribution in [0.25, 0.3) is 11.0 Å². The van der Waals surface area contributed by atoms with Crippen LogP contribution in [0.1, 0.15) is 37.3 Å². The number of fused-ring (bicyclic) bond motifs is 1. The molecule has 1 aliphatic rings. The number of hydrogen-bond donors (Lipinski definition) is 0. The first-order chi connectivity index (χ1) is 12.5. The molecular weight excluding hydrogens is 367 g/mol. The minimum absolute atomic E-state index is 0.122. The van der Waals surface area contributed by atoms with E-state index in [-0.39, 0.29) is 12.0 Å². The van der Waals surface area contributed by atoms with E-state index in [0.717, 1.165) is 42.0 Å². The van der Waals surface area contributed by atoms with E-state index in [1.54, 1.807) is 0 Å². The third-order valence-corrected chi connectivity index (χ3v) is 5.90. The molecule has 1 heterocycles. The smallest absolute Gasteiger partial charge is 0.156 e. The third-order valence-electron chi connectivity index (χ3n) is 4.97. The number of hydrogen-bond acceptors (Lipinski definition) is 2. The Kier molecular flexibility index (Phi) is 4.62. The van der Waals surface area contributed by atoms with Gasteiger partial charge in [-0.05, 0) is 49.6 Å². The fourth-order valence-electron chi connectivity index (χ4n) is 3.39. The van der Waals surface area contributed by atoms with Gasteiger partial charge in [0, 0.05) is 12.5 Å². The number of alkyl halides is 2. The normalized spacial score (nSPS) is 19.5. The third kappa shape index (κ3) is 3.43. The molecule has 3 nitrogen and oxygen atoms in total. The largest absolute Gasteiger partial charge is 0.483 e. The summed E-state index contributed by atoms with van der Waals surface area (Å²) in [5.41, 5.74) is 3.26. The Labute approximate surface area is 163 Å². The predicted octanol–water partition coefficient (Wildman–Crippen LogP) is 6.07. The highest BCUT2D eigenvalue weighted by Crippen LogP contribution is 2.54. The van der Waals surface area contributed by atoms with Crippen molar-refractivity contribution in [2.24, 2.45) is 5.92 Å². The zero-order chi connectivity index (χ0) is 18.3. The van der Waals surface area contributed by atoms with Gasteiger partial charge in [0.25, 0.3) is 0 Å². The van der Waals surface area contributed by atoms with E-state index < -0.39 is 4.33 Å². The summed E-state index contributed by atoms with van der Waals surface area (Å²) in [6.45, 7) is 4.95. The van der Waals surface area contributed by atoms with Gasteiger partial charge in [-0.15, -0.1) is 23.2 Å². The van der Waals surface area contributed by atoms with E-state index in [1.165, 1.54) is 5.56 Å². The Hall–Kier alpha value is -1.71. The van der Waals surface area contributed by atoms with Gasteiger partial charge in [0.05, 0.1) is 11.0 Å². The lowest BCUT2D eigenvalue weighted by atomic mass is 10.2. The molecule has 2 aromatic carbocycles. The fraction of sp³-hybridized carbons (Fsp3) is 0.381. The molecule has 0 saturated heterocycles. The molecule has 1 fully saturated rings. The molecule has 2 unspecified atom stereocenters. The Balaban J connectivity index is 1.71. The average Bonchev–Trinajstić information content (AvgIpc) is 3.06. The molecule has 4 rings (SSSR count). The molecule has 1 saturated carbocycles. The lowest BCUT2D eigenvalue weighted by Crippen LogP contribution is -2.16. The molecule has 0 radical (unpaired) electrons. The van der Waals surface area contributed by atoms with Crippen molar-refractivity contribution in [3.05, 3.63) is 59.9 Å². The first kappa shape index (κ1) is 17.7. The summed E-state index contributed by atoms with van der Waals surface area (Å²) in [6.07, 6.45) is 1.52. The number of rotatable bonds is 6. The highest BCUT2D eigenvalue weighted by atomic mass is 35.5. The van der Waals surface area contributed by atoms with E-state index in [1.807, 2.05) is 30.3 Å². The molecule has 3 aromatic rings. The van der Waals surface area contributed by atoms with E-state index in [2.05, 4.69) is 36.6 Å². The number of aryl methyl sites for hydroxylation is 1. The van der Waals surface area contributed by atoms with Crippen molar-refractivity contribution in [3.8, 4) is 5.75 Å². The van der Waals surface area contributed by atoms with Crippen LogP contribution >= 0.6 is 23.2 Å². The highest BCUT2D eigenvalue weighted by Gasteiger charge is 2.52. The van der Waals surface area contributed by atoms with Crippen LogP contribution in [0.5, 0.6) is 5.75 Å². The van der Waals surface area contributed by atoms with E-state index in [4.69, 9.17) is 32.9 Å². The van der Waals surface area contributed by atoms with Gasteiger partial charge in [0.1, 0.15) is 10.1 Å². The Morgan fingerprint density at radius 3 is 2.69 bits per heavy atom. The molecular formula is C21H22Cl2N2O. The lowest BCUT2D eigenvalue weighted by Gasteiger charge is -2.19. The van der Waals surface area contributed by atoms with Crippen LogP contribution < -0.4 is 4.74 Å². The Bertz CT molecular complexity index is 935. The van der Waals surface area contributed by atoms with Gasteiger partial charge in [0.2, 0.25) is 0 Å². The van der Waals surface area contributed by atoms with Crippen molar-refractivity contribution in [2.45, 2.75) is 43.7 Å². The quantitative estimate of drug-likeness (QED) is 0.479. The molecule has 0 N–H and O–H groups in total. The van der Waals surface area contributed by atoms with Crippen molar-refractivity contribution in [2.75, 3.05) is 0 Å². The van der Waals surface area contributed by atoms with Gasteiger partial charge in [-0.1, -0.05) is 31.2 Å². The summed E-state index contributed by atoms with van der Waals surface area (Å²) < 4.78 is 7.93. The summed E-state index contributed by atoms with van der Waals surface area (Å²) in [7, 11) is 0. The second kappa shape index (κ2) is 6.79. The monoisotopic (exact) mass is 388 g/mol. The molecule has 136 valence electrons. The molecule has 0 spiro atoms. The van der Waals surface area contributed by atoms with Crippen LogP contribution in [0.4, 0.5) is 0 Å². The van der Waals surface area contributed by atoms with Crippen LogP contribution in [0, 0.1) is 12.8 Å². The summed E-state index contributed by atoms with van der Waals surface area (Å²) in [5, 5.41) is 0. The number of ether oxygens (including phenoxy) is 1. The summed E-state index contributed by atoms with van der Waals surface area (Å²) in [6, 6.07) is 16.3. The van der Waals surface area contributed by atoms with Crippen LogP contribution in [-0.4, -0.2) is 13.9 Å². The van der Waals surface area contributed by atoms with Crippen LogP contribution in [0.15, 0.2) is 48.5 Å². The summed E-state index contributed by atoms with van der Waals surface area (Å²) in [5.74, 6) is 2.05. The molecule has 0 bridgehead atoms. The minimum Gasteiger partial charge on any atom is -0.483 e. The number of imidazole rings is 1. The topological polar surface area (TPSA) is 27.1 Å². The Morgan fingerprint density at radius 1 is 1.23 bits per heavy atom. The van der Waals surface area contributed by atoms with Gasteiger partial charge in [-0.2, -0.15) is 0 Å². The predicted molar refractivity (Wildman–Crippen MR) is 107 cm³/mol. The lowest BCUT2D eigenvalue weighted by molar-refractivity contribution is 0.186. The molecule has 2 atom stereocenters. The molecule has 1 aromatic heterocycles. The summed E-state index contributed by atoms with van der Waals surface area (Å²) >= 11 is 12.6. The van der Waals surface area contributed by atoms with Crippen LogP contribution in [0.2, 0.25) is 0 Å². The van der Waals surface area contributed by atoms with Crippen molar-refractivity contribution in [1.29, 1.82) is 0 Å². The molecule has 0 aliphatic heterocycles. The highest BCUT2D eigenvalue weighted by molar-refractivity contribution is 6.50.